The number of halogens is 4. The number of aryl methyl sites for hydroxylation is 1. The summed E-state index contributed by atoms with van der Waals surface area (Å²) < 4.78 is 71.3. The van der Waals surface area contributed by atoms with Gasteiger partial charge in [0.1, 0.15) is 5.82 Å². The molecular formula is C27H30F4O2. The van der Waals surface area contributed by atoms with Crippen LogP contribution in [-0.4, -0.2) is 19.3 Å². The molecule has 6 heteroatoms. The largest absolute Gasteiger partial charge is 0.491 e. The van der Waals surface area contributed by atoms with Gasteiger partial charge in [-0.2, -0.15) is 0 Å². The predicted octanol–water partition coefficient (Wildman–Crippen LogP) is 7.76. The van der Waals surface area contributed by atoms with Crippen molar-refractivity contribution in [2.75, 3.05) is 13.2 Å². The molecule has 4 rings (SSSR count). The molecule has 0 radical (unpaired) electrons. The third kappa shape index (κ3) is 4.68. The SMILES string of the molecule is C=CCCC1CCC(CCc2ccc3c(c2F)C(F)C(F)c2c-3ccc(OCC)c2F)CO1. The van der Waals surface area contributed by atoms with E-state index in [1.807, 2.05) is 6.08 Å². The second-order valence-corrected chi connectivity index (χ2v) is 8.88. The number of rotatable bonds is 8. The Kier molecular flexibility index (Phi) is 7.42. The van der Waals surface area contributed by atoms with E-state index in [-0.39, 0.29) is 35.2 Å². The molecule has 4 atom stereocenters. The minimum atomic E-state index is -2.29. The number of hydrogen-bond donors (Lipinski definition) is 0. The minimum Gasteiger partial charge on any atom is -0.491 e. The molecule has 4 unspecified atom stereocenters. The van der Waals surface area contributed by atoms with Crippen LogP contribution in [0.25, 0.3) is 11.1 Å². The smallest absolute Gasteiger partial charge is 0.171 e. The number of ether oxygens (including phenoxy) is 2. The van der Waals surface area contributed by atoms with Crippen molar-refractivity contribution >= 4 is 0 Å². The molecule has 33 heavy (non-hydrogen) atoms. The summed E-state index contributed by atoms with van der Waals surface area (Å²) in [5.74, 6) is -1.48. The van der Waals surface area contributed by atoms with E-state index < -0.39 is 29.5 Å². The van der Waals surface area contributed by atoms with Crippen LogP contribution in [0, 0.1) is 17.6 Å². The van der Waals surface area contributed by atoms with E-state index in [0.29, 0.717) is 30.9 Å². The van der Waals surface area contributed by atoms with Crippen molar-refractivity contribution in [3.05, 3.63) is 65.2 Å². The van der Waals surface area contributed by atoms with Crippen LogP contribution in [0.4, 0.5) is 17.6 Å². The summed E-state index contributed by atoms with van der Waals surface area (Å²) in [6.07, 6.45) is 2.55. The highest BCUT2D eigenvalue weighted by molar-refractivity contribution is 5.76. The highest BCUT2D eigenvalue weighted by atomic mass is 19.2. The Morgan fingerprint density at radius 1 is 1.00 bits per heavy atom. The van der Waals surface area contributed by atoms with Crippen LogP contribution in [0.15, 0.2) is 36.9 Å². The van der Waals surface area contributed by atoms with Crippen LogP contribution in [-0.2, 0) is 11.2 Å². The lowest BCUT2D eigenvalue weighted by Gasteiger charge is -2.30. The maximum atomic E-state index is 15.4. The van der Waals surface area contributed by atoms with E-state index in [1.54, 1.807) is 19.1 Å². The van der Waals surface area contributed by atoms with Crippen LogP contribution in [0.2, 0.25) is 0 Å². The van der Waals surface area contributed by atoms with Gasteiger partial charge in [0.15, 0.2) is 23.9 Å². The molecule has 2 aromatic carbocycles. The third-order valence-electron chi connectivity index (χ3n) is 6.78. The Morgan fingerprint density at radius 3 is 2.33 bits per heavy atom. The summed E-state index contributed by atoms with van der Waals surface area (Å²) in [6, 6.07) is 6.04. The van der Waals surface area contributed by atoms with Crippen molar-refractivity contribution < 1.29 is 27.0 Å². The zero-order valence-electron chi connectivity index (χ0n) is 18.9. The summed E-state index contributed by atoms with van der Waals surface area (Å²) in [5, 5.41) is 0. The highest BCUT2D eigenvalue weighted by Crippen LogP contribution is 2.51. The number of alkyl halides is 2. The van der Waals surface area contributed by atoms with E-state index in [4.69, 9.17) is 9.47 Å². The van der Waals surface area contributed by atoms with Gasteiger partial charge in [0.05, 0.1) is 12.7 Å². The number of allylic oxidation sites excluding steroid dienone is 1. The first-order valence-corrected chi connectivity index (χ1v) is 11.7. The van der Waals surface area contributed by atoms with Crippen molar-refractivity contribution in [3.8, 4) is 16.9 Å². The molecule has 1 aliphatic heterocycles. The summed E-state index contributed by atoms with van der Waals surface area (Å²) >= 11 is 0. The van der Waals surface area contributed by atoms with Crippen LogP contribution in [0.1, 0.15) is 68.1 Å². The van der Waals surface area contributed by atoms with Gasteiger partial charge in [0, 0.05) is 17.7 Å². The first-order valence-electron chi connectivity index (χ1n) is 11.7. The molecule has 0 amide bonds. The molecule has 1 aliphatic carbocycles. The molecule has 1 fully saturated rings. The van der Waals surface area contributed by atoms with E-state index in [1.165, 1.54) is 12.1 Å². The Labute approximate surface area is 192 Å². The summed E-state index contributed by atoms with van der Waals surface area (Å²) in [5.41, 5.74) is -0.00384. The van der Waals surface area contributed by atoms with Crippen molar-refractivity contribution in [2.45, 2.75) is 63.9 Å². The van der Waals surface area contributed by atoms with Crippen molar-refractivity contribution in [1.82, 2.24) is 0 Å². The maximum Gasteiger partial charge on any atom is 0.171 e. The van der Waals surface area contributed by atoms with Crippen LogP contribution in [0.3, 0.4) is 0 Å². The van der Waals surface area contributed by atoms with Gasteiger partial charge in [0.2, 0.25) is 0 Å². The van der Waals surface area contributed by atoms with Gasteiger partial charge < -0.3 is 9.47 Å². The van der Waals surface area contributed by atoms with Gasteiger partial charge >= 0.3 is 0 Å². The highest BCUT2D eigenvalue weighted by Gasteiger charge is 2.40. The maximum absolute atomic E-state index is 15.4. The van der Waals surface area contributed by atoms with Gasteiger partial charge in [-0.05, 0) is 74.1 Å². The van der Waals surface area contributed by atoms with E-state index >= 15 is 8.78 Å². The average Bonchev–Trinajstić information content (AvgIpc) is 2.82. The lowest BCUT2D eigenvalue weighted by atomic mass is 9.81. The molecule has 1 heterocycles. The van der Waals surface area contributed by atoms with Crippen LogP contribution >= 0.6 is 0 Å². The van der Waals surface area contributed by atoms with Crippen molar-refractivity contribution in [2.24, 2.45) is 5.92 Å². The molecule has 2 aromatic rings. The average molecular weight is 463 g/mol. The first kappa shape index (κ1) is 23.8. The summed E-state index contributed by atoms with van der Waals surface area (Å²) in [6.45, 7) is 6.23. The van der Waals surface area contributed by atoms with E-state index in [9.17, 15) is 8.78 Å². The van der Waals surface area contributed by atoms with Gasteiger partial charge in [-0.3, -0.25) is 0 Å². The quantitative estimate of drug-likeness (QED) is 0.295. The lowest BCUT2D eigenvalue weighted by molar-refractivity contribution is -0.0210. The predicted molar refractivity (Wildman–Crippen MR) is 121 cm³/mol. The number of fused-ring (bicyclic) bond motifs is 3. The first-order chi connectivity index (χ1) is 16.0. The molecule has 2 aliphatic rings. The fraction of sp³-hybridized carbons (Fsp3) is 0.481. The molecule has 178 valence electrons. The molecule has 0 N–H and O–H groups in total. The third-order valence-corrected chi connectivity index (χ3v) is 6.78. The Balaban J connectivity index is 1.53. The van der Waals surface area contributed by atoms with Crippen molar-refractivity contribution in [1.29, 1.82) is 0 Å². The van der Waals surface area contributed by atoms with Gasteiger partial charge in [-0.1, -0.05) is 24.3 Å². The normalized spacial score (nSPS) is 24.2. The van der Waals surface area contributed by atoms with E-state index in [0.717, 1.165) is 25.7 Å². The zero-order chi connectivity index (χ0) is 23.5. The second kappa shape index (κ2) is 10.3. The van der Waals surface area contributed by atoms with Gasteiger partial charge in [-0.15, -0.1) is 6.58 Å². The number of benzene rings is 2. The molecule has 0 bridgehead atoms. The fourth-order valence-corrected chi connectivity index (χ4v) is 4.95. The zero-order valence-corrected chi connectivity index (χ0v) is 18.9. The van der Waals surface area contributed by atoms with E-state index in [2.05, 4.69) is 6.58 Å². The lowest BCUT2D eigenvalue weighted by Crippen LogP contribution is -2.26. The summed E-state index contributed by atoms with van der Waals surface area (Å²) in [7, 11) is 0. The second-order valence-electron chi connectivity index (χ2n) is 8.88. The molecular weight excluding hydrogens is 432 g/mol. The van der Waals surface area contributed by atoms with Gasteiger partial charge in [0.25, 0.3) is 0 Å². The molecule has 2 nitrogen and oxygen atoms in total. The van der Waals surface area contributed by atoms with Crippen LogP contribution < -0.4 is 4.74 Å². The Hall–Kier alpha value is -2.34. The molecule has 0 spiro atoms. The topological polar surface area (TPSA) is 18.5 Å². The minimum absolute atomic E-state index is 0.131. The summed E-state index contributed by atoms with van der Waals surface area (Å²) in [4.78, 5) is 0. The Morgan fingerprint density at radius 2 is 1.70 bits per heavy atom. The van der Waals surface area contributed by atoms with Crippen LogP contribution in [0.5, 0.6) is 5.75 Å². The Bertz CT molecular complexity index is 998. The monoisotopic (exact) mass is 462 g/mol. The fourth-order valence-electron chi connectivity index (χ4n) is 4.95. The number of hydrogen-bond acceptors (Lipinski definition) is 2. The molecule has 1 saturated heterocycles. The van der Waals surface area contributed by atoms with Gasteiger partial charge in [-0.25, -0.2) is 17.6 Å². The molecule has 0 aromatic heterocycles. The van der Waals surface area contributed by atoms with Crippen molar-refractivity contribution in [3.63, 3.8) is 0 Å². The standard InChI is InChI=1S/C27H30F4O2/c1-3-5-6-18-11-8-16(15-33-18)7-9-17-10-12-19-20-13-14-21(32-4-2)25(29)23(20)27(31)26(30)22(19)24(17)28/h3,10,12-14,16,18,26-27H,1,4-9,11,15H2,2H3. The molecule has 0 saturated carbocycles.